The number of benzene rings is 2. The number of aromatic nitrogens is 4. The lowest BCUT2D eigenvalue weighted by molar-refractivity contribution is 0.514. The summed E-state index contributed by atoms with van der Waals surface area (Å²) < 4.78 is 8.82. The van der Waals surface area contributed by atoms with E-state index in [0.29, 0.717) is 17.9 Å². The smallest absolute Gasteiger partial charge is 0.408 e. The molecule has 0 saturated heterocycles. The molecule has 0 amide bonds. The van der Waals surface area contributed by atoms with Gasteiger partial charge in [-0.25, -0.2) is 4.79 Å². The van der Waals surface area contributed by atoms with Gasteiger partial charge < -0.3 is 4.42 Å². The van der Waals surface area contributed by atoms with Crippen molar-refractivity contribution in [2.75, 3.05) is 5.75 Å². The van der Waals surface area contributed by atoms with Gasteiger partial charge in [-0.2, -0.15) is 0 Å². The Labute approximate surface area is 141 Å². The molecule has 4 aromatic rings. The van der Waals surface area contributed by atoms with E-state index in [0.717, 1.165) is 16.4 Å². The Kier molecular flexibility index (Phi) is 3.92. The van der Waals surface area contributed by atoms with Crippen LogP contribution in [-0.2, 0) is 6.54 Å². The van der Waals surface area contributed by atoms with Gasteiger partial charge in [-0.15, -0.1) is 10.2 Å². The van der Waals surface area contributed by atoms with Crippen molar-refractivity contribution in [3.05, 3.63) is 71.5 Å². The number of para-hydroxylation sites is 3. The Hall–Kier alpha value is -2.80. The van der Waals surface area contributed by atoms with Gasteiger partial charge in [-0.05, 0) is 24.3 Å². The molecule has 0 atom stereocenters. The summed E-state index contributed by atoms with van der Waals surface area (Å²) >= 11 is 1.55. The number of nitrogens with zero attached hydrogens (tertiary/aromatic N) is 4. The van der Waals surface area contributed by atoms with E-state index in [1.807, 2.05) is 53.1 Å². The normalized spacial score (nSPS) is 11.2. The lowest BCUT2D eigenvalue weighted by Crippen LogP contribution is -2.15. The monoisotopic (exact) mass is 338 g/mol. The highest BCUT2D eigenvalue weighted by Crippen LogP contribution is 2.20. The molecule has 4 rings (SSSR count). The molecule has 0 unspecified atom stereocenters. The zero-order valence-corrected chi connectivity index (χ0v) is 13.5. The van der Waals surface area contributed by atoms with E-state index in [2.05, 4.69) is 10.2 Å². The zero-order chi connectivity index (χ0) is 16.4. The van der Waals surface area contributed by atoms with Crippen molar-refractivity contribution >= 4 is 22.9 Å². The summed E-state index contributed by atoms with van der Waals surface area (Å²) in [6.45, 7) is 0.544. The van der Waals surface area contributed by atoms with Gasteiger partial charge in [-0.1, -0.05) is 42.1 Å². The van der Waals surface area contributed by atoms with Gasteiger partial charge in [0, 0.05) is 18.0 Å². The number of hydrogen-bond acceptors (Lipinski definition) is 5. The van der Waals surface area contributed by atoms with Gasteiger partial charge >= 0.3 is 5.76 Å². The lowest BCUT2D eigenvalue weighted by atomic mass is 10.3. The molecule has 0 fully saturated rings. The van der Waals surface area contributed by atoms with Crippen LogP contribution in [-0.4, -0.2) is 25.1 Å². The number of hydrogen-bond donors (Lipinski definition) is 0. The number of aryl methyl sites for hydroxylation is 1. The quantitative estimate of drug-likeness (QED) is 0.523. The molecule has 24 heavy (non-hydrogen) atoms. The molecule has 2 heterocycles. The maximum atomic E-state index is 12.0. The first kappa shape index (κ1) is 14.8. The molecule has 0 spiro atoms. The third-order valence-corrected chi connectivity index (χ3v) is 4.59. The standard InChI is InChI=1S/C17H14N4O2S/c22-17-20(14-8-4-5-9-15(14)23-17)10-11-24-16-19-18-12-21(16)13-6-2-1-3-7-13/h1-9,12H,10-11H2. The molecule has 0 aliphatic heterocycles. The Balaban J connectivity index is 1.52. The van der Waals surface area contributed by atoms with Crippen molar-refractivity contribution in [3.63, 3.8) is 0 Å². The second-order valence-corrected chi connectivity index (χ2v) is 6.22. The molecule has 6 nitrogen and oxygen atoms in total. The van der Waals surface area contributed by atoms with Crippen LogP contribution in [0, 0.1) is 0 Å². The highest BCUT2D eigenvalue weighted by molar-refractivity contribution is 7.99. The summed E-state index contributed by atoms with van der Waals surface area (Å²) in [5.74, 6) is 0.357. The Bertz CT molecular complexity index is 1020. The molecular weight excluding hydrogens is 324 g/mol. The molecule has 0 bridgehead atoms. The van der Waals surface area contributed by atoms with E-state index >= 15 is 0 Å². The minimum Gasteiger partial charge on any atom is -0.408 e. The Morgan fingerprint density at radius 2 is 1.83 bits per heavy atom. The average Bonchev–Trinajstić information content (AvgIpc) is 3.20. The summed E-state index contributed by atoms with van der Waals surface area (Å²) in [4.78, 5) is 12.0. The van der Waals surface area contributed by atoms with Gasteiger partial charge in [0.25, 0.3) is 0 Å². The predicted molar refractivity (Wildman–Crippen MR) is 92.6 cm³/mol. The number of rotatable bonds is 5. The number of thioether (sulfide) groups is 1. The fourth-order valence-corrected chi connectivity index (χ4v) is 3.40. The highest BCUT2D eigenvalue weighted by Gasteiger charge is 2.10. The second kappa shape index (κ2) is 6.37. The van der Waals surface area contributed by atoms with E-state index in [9.17, 15) is 4.79 Å². The van der Waals surface area contributed by atoms with E-state index < -0.39 is 0 Å². The Morgan fingerprint density at radius 1 is 1.04 bits per heavy atom. The fourth-order valence-electron chi connectivity index (χ4n) is 2.54. The van der Waals surface area contributed by atoms with Crippen molar-refractivity contribution in [2.24, 2.45) is 0 Å². The van der Waals surface area contributed by atoms with Gasteiger partial charge in [0.2, 0.25) is 0 Å². The number of fused-ring (bicyclic) bond motifs is 1. The second-order valence-electron chi connectivity index (χ2n) is 5.15. The van der Waals surface area contributed by atoms with Crippen LogP contribution in [0.2, 0.25) is 0 Å². The van der Waals surface area contributed by atoms with Crippen molar-refractivity contribution in [2.45, 2.75) is 11.7 Å². The summed E-state index contributed by atoms with van der Waals surface area (Å²) in [6.07, 6.45) is 1.69. The summed E-state index contributed by atoms with van der Waals surface area (Å²) in [6, 6.07) is 17.4. The molecule has 2 aromatic carbocycles. The minimum absolute atomic E-state index is 0.332. The van der Waals surface area contributed by atoms with Crippen LogP contribution in [0.5, 0.6) is 0 Å². The first-order chi connectivity index (χ1) is 11.8. The van der Waals surface area contributed by atoms with Crippen molar-refractivity contribution in [1.29, 1.82) is 0 Å². The van der Waals surface area contributed by atoms with Crippen molar-refractivity contribution in [1.82, 2.24) is 19.3 Å². The van der Waals surface area contributed by atoms with Crippen molar-refractivity contribution < 1.29 is 4.42 Å². The van der Waals surface area contributed by atoms with Crippen LogP contribution in [0.25, 0.3) is 16.8 Å². The van der Waals surface area contributed by atoms with Gasteiger partial charge in [0.1, 0.15) is 6.33 Å². The summed E-state index contributed by atoms with van der Waals surface area (Å²) in [5.41, 5.74) is 2.43. The molecule has 0 aliphatic carbocycles. The third-order valence-electron chi connectivity index (χ3n) is 3.67. The van der Waals surface area contributed by atoms with Crippen molar-refractivity contribution in [3.8, 4) is 5.69 Å². The average molecular weight is 338 g/mol. The van der Waals surface area contributed by atoms with Crippen LogP contribution < -0.4 is 5.76 Å². The molecular formula is C17H14N4O2S. The molecule has 7 heteroatoms. The molecule has 0 aliphatic rings. The first-order valence-electron chi connectivity index (χ1n) is 7.49. The molecule has 120 valence electrons. The van der Waals surface area contributed by atoms with Gasteiger partial charge in [0.15, 0.2) is 10.7 Å². The fraction of sp³-hybridized carbons (Fsp3) is 0.118. The van der Waals surface area contributed by atoms with Crippen LogP contribution in [0.15, 0.2) is 75.3 Å². The first-order valence-corrected chi connectivity index (χ1v) is 8.48. The molecule has 2 aromatic heterocycles. The third kappa shape index (κ3) is 2.74. The van der Waals surface area contributed by atoms with Gasteiger partial charge in [0.05, 0.1) is 5.52 Å². The zero-order valence-electron chi connectivity index (χ0n) is 12.7. The van der Waals surface area contributed by atoms with E-state index in [-0.39, 0.29) is 5.76 Å². The molecule has 0 N–H and O–H groups in total. The van der Waals surface area contributed by atoms with E-state index in [1.165, 1.54) is 0 Å². The topological polar surface area (TPSA) is 65.8 Å². The SMILES string of the molecule is O=c1oc2ccccc2n1CCSc1nncn1-c1ccccc1. The summed E-state index contributed by atoms with van der Waals surface area (Å²) in [7, 11) is 0. The van der Waals surface area contributed by atoms with E-state index in [1.54, 1.807) is 28.7 Å². The summed E-state index contributed by atoms with van der Waals surface area (Å²) in [5, 5.41) is 8.94. The Morgan fingerprint density at radius 3 is 2.71 bits per heavy atom. The lowest BCUT2D eigenvalue weighted by Gasteiger charge is -2.06. The highest BCUT2D eigenvalue weighted by atomic mass is 32.2. The van der Waals surface area contributed by atoms with Gasteiger partial charge in [-0.3, -0.25) is 9.13 Å². The minimum atomic E-state index is -0.332. The molecule has 0 radical (unpaired) electrons. The van der Waals surface area contributed by atoms with Crippen LogP contribution in [0.3, 0.4) is 0 Å². The molecule has 0 saturated carbocycles. The van der Waals surface area contributed by atoms with Crippen LogP contribution >= 0.6 is 11.8 Å². The maximum Gasteiger partial charge on any atom is 0.419 e. The van der Waals surface area contributed by atoms with E-state index in [4.69, 9.17) is 4.42 Å². The van der Waals surface area contributed by atoms with Crippen LogP contribution in [0.4, 0.5) is 0 Å². The number of oxazole rings is 1. The predicted octanol–water partition coefficient (Wildman–Crippen LogP) is 2.97. The maximum absolute atomic E-state index is 12.0. The van der Waals surface area contributed by atoms with Crippen LogP contribution in [0.1, 0.15) is 0 Å². The largest absolute Gasteiger partial charge is 0.419 e.